The number of carbonyl (C=O) groups is 2. The van der Waals surface area contributed by atoms with E-state index in [0.29, 0.717) is 23.9 Å². The van der Waals surface area contributed by atoms with E-state index in [1.165, 1.54) is 83.5 Å². The zero-order chi connectivity index (χ0) is 52.9. The Morgan fingerprint density at radius 2 is 0.889 bits per heavy atom. The summed E-state index contributed by atoms with van der Waals surface area (Å²) in [5.74, 6) is -0.609. The number of rotatable bonds is 51. The molecule has 3 atom stereocenters. The lowest BCUT2D eigenvalue weighted by molar-refractivity contribution is -0.870. The van der Waals surface area contributed by atoms with Gasteiger partial charge in [-0.2, -0.15) is 0 Å². The van der Waals surface area contributed by atoms with Gasteiger partial charge < -0.3 is 28.5 Å². The molecular weight excluding hydrogens is 916 g/mol. The quantitative estimate of drug-likeness (QED) is 0.0212. The average Bonchev–Trinajstić information content (AvgIpc) is 3.34. The average molecular weight is 1030 g/mol. The molecule has 0 heterocycles. The summed E-state index contributed by atoms with van der Waals surface area (Å²) in [4.78, 5) is 39.9. The minimum atomic E-state index is -4.71. The van der Waals surface area contributed by atoms with Gasteiger partial charge in [0, 0.05) is 12.8 Å². The lowest BCUT2D eigenvalue weighted by Crippen LogP contribution is -2.47. The maximum atomic E-state index is 13.5. The number of amides is 1. The summed E-state index contributed by atoms with van der Waals surface area (Å²) >= 11 is 0. The number of hydrogen-bond donors (Lipinski definition) is 1. The number of phosphoric ester groups is 1. The number of phosphoric acid groups is 1. The highest BCUT2D eigenvalue weighted by Crippen LogP contribution is 2.38. The molecule has 9 nitrogen and oxygen atoms in total. The zero-order valence-corrected chi connectivity index (χ0v) is 48.0. The summed E-state index contributed by atoms with van der Waals surface area (Å²) < 4.78 is 30.2. The number of nitrogens with zero attached hydrogens (tertiary/aromatic N) is 1. The molecular formula is C62H109N2O7P. The second-order valence-corrected chi connectivity index (χ2v) is 21.8. The van der Waals surface area contributed by atoms with Crippen molar-refractivity contribution in [2.45, 2.75) is 245 Å². The third-order valence-corrected chi connectivity index (χ3v) is 13.2. The lowest BCUT2D eigenvalue weighted by Gasteiger charge is -2.30. The van der Waals surface area contributed by atoms with Crippen LogP contribution >= 0.6 is 7.82 Å². The fraction of sp³-hybridized carbons (Fsp3) is 0.710. The van der Waals surface area contributed by atoms with Crippen LogP contribution in [-0.2, 0) is 27.9 Å². The Balaban J connectivity index is 5.45. The molecule has 0 bridgehead atoms. The molecule has 1 N–H and O–H groups in total. The van der Waals surface area contributed by atoms with E-state index in [1.54, 1.807) is 0 Å². The molecule has 3 unspecified atom stereocenters. The number of allylic oxidation sites excluding steroid dienone is 15. The number of hydrogen-bond acceptors (Lipinski definition) is 7. The molecule has 0 radical (unpaired) electrons. The molecule has 0 saturated carbocycles. The van der Waals surface area contributed by atoms with Gasteiger partial charge in [0.05, 0.1) is 33.8 Å². The molecule has 0 rings (SSSR count). The van der Waals surface area contributed by atoms with E-state index < -0.39 is 26.6 Å². The Hall–Kier alpha value is -3.07. The van der Waals surface area contributed by atoms with Gasteiger partial charge in [-0.15, -0.1) is 0 Å². The molecule has 72 heavy (non-hydrogen) atoms. The van der Waals surface area contributed by atoms with E-state index in [0.717, 1.165) is 103 Å². The molecule has 0 aliphatic carbocycles. The molecule has 0 fully saturated rings. The van der Waals surface area contributed by atoms with Crippen LogP contribution in [0.4, 0.5) is 0 Å². The van der Waals surface area contributed by atoms with Gasteiger partial charge in [-0.25, -0.2) is 0 Å². The van der Waals surface area contributed by atoms with Crippen LogP contribution in [0, 0.1) is 0 Å². The topological polar surface area (TPSA) is 114 Å². The van der Waals surface area contributed by atoms with Crippen LogP contribution in [0.15, 0.2) is 97.2 Å². The summed E-state index contributed by atoms with van der Waals surface area (Å²) in [5.41, 5.74) is 0. The van der Waals surface area contributed by atoms with Crippen LogP contribution < -0.4 is 10.2 Å². The Kier molecular flexibility index (Phi) is 49.2. The first-order valence-electron chi connectivity index (χ1n) is 29.0. The van der Waals surface area contributed by atoms with Crippen molar-refractivity contribution < 1.29 is 37.3 Å². The van der Waals surface area contributed by atoms with Gasteiger partial charge in [0.2, 0.25) is 5.91 Å². The Bertz CT molecular complexity index is 1560. The molecule has 10 heteroatoms. The molecule has 0 aromatic heterocycles. The van der Waals surface area contributed by atoms with Crippen molar-refractivity contribution >= 4 is 19.7 Å². The van der Waals surface area contributed by atoms with Crippen molar-refractivity contribution in [1.29, 1.82) is 0 Å². The second kappa shape index (κ2) is 51.4. The van der Waals surface area contributed by atoms with Gasteiger partial charge in [0.15, 0.2) is 0 Å². The van der Waals surface area contributed by atoms with Crippen molar-refractivity contribution in [2.75, 3.05) is 40.9 Å². The Labute approximate surface area is 443 Å². The second-order valence-electron chi connectivity index (χ2n) is 20.4. The van der Waals surface area contributed by atoms with Crippen LogP contribution in [0.2, 0.25) is 0 Å². The highest BCUT2D eigenvalue weighted by Gasteiger charge is 2.27. The van der Waals surface area contributed by atoms with Crippen molar-refractivity contribution in [3.8, 4) is 0 Å². The molecule has 0 spiro atoms. The van der Waals surface area contributed by atoms with E-state index in [1.807, 2.05) is 33.3 Å². The van der Waals surface area contributed by atoms with Gasteiger partial charge in [-0.05, 0) is 109 Å². The van der Waals surface area contributed by atoms with E-state index in [4.69, 9.17) is 13.8 Å². The van der Waals surface area contributed by atoms with Crippen LogP contribution in [0.1, 0.15) is 233 Å². The van der Waals surface area contributed by atoms with Gasteiger partial charge >= 0.3 is 5.97 Å². The maximum absolute atomic E-state index is 13.5. The number of likely N-dealkylation sites (N-methyl/N-ethyl adjacent to an activating group) is 1. The molecule has 0 saturated heterocycles. The monoisotopic (exact) mass is 1020 g/mol. The molecule has 0 aliphatic rings. The summed E-state index contributed by atoms with van der Waals surface area (Å²) in [6.45, 7) is 6.64. The van der Waals surface area contributed by atoms with Crippen molar-refractivity contribution in [3.63, 3.8) is 0 Å². The van der Waals surface area contributed by atoms with Crippen molar-refractivity contribution in [2.24, 2.45) is 0 Å². The zero-order valence-electron chi connectivity index (χ0n) is 47.1. The van der Waals surface area contributed by atoms with E-state index in [-0.39, 0.29) is 31.3 Å². The number of carbonyl (C=O) groups excluding carboxylic acids is 2. The SMILES string of the molecule is CC/C=C/C/C=C/C/C=C/CCCCCCC(=O)OC(/C=C\CCCCCCCCCCCCC)C(COP(=O)([O-])OCC[N+](C)(C)C)NC(=O)CCCCC/C=C\C/C=C\C/C=C\C/C=C\CCCCC. The Morgan fingerprint density at radius 3 is 1.38 bits per heavy atom. The predicted octanol–water partition coefficient (Wildman–Crippen LogP) is 17.0. The summed E-state index contributed by atoms with van der Waals surface area (Å²) in [6, 6.07) is -0.919. The molecule has 1 amide bonds. The Morgan fingerprint density at radius 1 is 0.500 bits per heavy atom. The highest BCUT2D eigenvalue weighted by molar-refractivity contribution is 7.45. The molecule has 0 aromatic rings. The first-order valence-corrected chi connectivity index (χ1v) is 30.5. The summed E-state index contributed by atoms with van der Waals surface area (Å²) in [7, 11) is 1.14. The summed E-state index contributed by atoms with van der Waals surface area (Å²) in [6.07, 6.45) is 68.0. The number of nitrogens with one attached hydrogen (secondary N) is 1. The van der Waals surface area contributed by atoms with E-state index in [2.05, 4.69) is 111 Å². The largest absolute Gasteiger partial charge is 0.756 e. The number of unbranched alkanes of at least 4 members (excludes halogenated alkanes) is 21. The van der Waals surface area contributed by atoms with Crippen molar-refractivity contribution in [3.05, 3.63) is 97.2 Å². The predicted molar refractivity (Wildman–Crippen MR) is 307 cm³/mol. The fourth-order valence-electron chi connectivity index (χ4n) is 7.75. The van der Waals surface area contributed by atoms with Gasteiger partial charge in [-0.1, -0.05) is 208 Å². The highest BCUT2D eigenvalue weighted by atomic mass is 31.2. The van der Waals surface area contributed by atoms with Crippen LogP contribution in [-0.4, -0.2) is 69.4 Å². The third-order valence-electron chi connectivity index (χ3n) is 12.2. The molecule has 0 aromatic carbocycles. The minimum absolute atomic E-state index is 0.0372. The van der Waals surface area contributed by atoms with Crippen molar-refractivity contribution in [1.82, 2.24) is 5.32 Å². The fourth-order valence-corrected chi connectivity index (χ4v) is 8.48. The van der Waals surface area contributed by atoms with E-state index in [9.17, 15) is 19.0 Å². The standard InChI is InChI=1S/C62H109N2O7P/c1-7-10-13-16-19-22-25-28-30-31-32-33-34-36-39-42-45-48-51-54-61(65)63-59(58-70-72(67,68)69-57-56-64(4,5)6)60(53-50-47-44-41-38-35-27-24-21-18-15-12-9-3)71-62(66)55-52-49-46-43-40-37-29-26-23-20-17-14-11-8-2/h11,14,19-20,22-23,28-30,32-33,36-37,39,50,53,59-60H,7-10,12-13,15-18,21,24-27,31,34-35,38,40-49,51-52,54-58H2,1-6H3,(H-,63,65,67,68)/b14-11+,22-19-,23-20+,30-28-,33-32-,37-29+,39-36-,53-50-. The summed E-state index contributed by atoms with van der Waals surface area (Å²) in [5, 5.41) is 3.00. The van der Waals surface area contributed by atoms with Crippen LogP contribution in [0.5, 0.6) is 0 Å². The number of ether oxygens (including phenoxy) is 1. The minimum Gasteiger partial charge on any atom is -0.756 e. The third kappa shape index (κ3) is 51.8. The first-order chi connectivity index (χ1) is 34.9. The van der Waals surface area contributed by atoms with Gasteiger partial charge in [0.1, 0.15) is 19.3 Å². The number of esters is 1. The van der Waals surface area contributed by atoms with E-state index >= 15 is 0 Å². The first kappa shape index (κ1) is 68.9. The number of quaternary nitrogens is 1. The lowest BCUT2D eigenvalue weighted by atomic mass is 10.0. The smallest absolute Gasteiger partial charge is 0.306 e. The van der Waals surface area contributed by atoms with Crippen LogP contribution in [0.3, 0.4) is 0 Å². The van der Waals surface area contributed by atoms with Gasteiger partial charge in [0.25, 0.3) is 7.82 Å². The molecule has 414 valence electrons. The van der Waals surface area contributed by atoms with Gasteiger partial charge in [-0.3, -0.25) is 14.2 Å². The normalized spacial score (nSPS) is 14.5. The van der Waals surface area contributed by atoms with Crippen LogP contribution in [0.25, 0.3) is 0 Å². The maximum Gasteiger partial charge on any atom is 0.306 e. The molecule has 0 aliphatic heterocycles.